The second-order valence-electron chi connectivity index (χ2n) is 4.20. The Morgan fingerprint density at radius 2 is 2.12 bits per heavy atom. The van der Waals surface area contributed by atoms with E-state index in [2.05, 4.69) is 22.9 Å². The van der Waals surface area contributed by atoms with Crippen molar-refractivity contribution in [2.45, 2.75) is 45.1 Å². The zero-order valence-electron chi connectivity index (χ0n) is 9.68. The molecule has 0 heterocycles. The summed E-state index contributed by atoms with van der Waals surface area (Å²) in [6.07, 6.45) is 5.33. The van der Waals surface area contributed by atoms with Crippen LogP contribution in [0.4, 0.5) is 4.39 Å². The number of rotatable bonds is 6. The first kappa shape index (κ1) is 13.7. The summed E-state index contributed by atoms with van der Waals surface area (Å²) in [6.45, 7) is 2.18. The fourth-order valence-corrected chi connectivity index (χ4v) is 2.15. The highest BCUT2D eigenvalue weighted by molar-refractivity contribution is 9.10. The van der Waals surface area contributed by atoms with Gasteiger partial charge in [0.1, 0.15) is 5.82 Å². The minimum atomic E-state index is -0.195. The highest BCUT2D eigenvalue weighted by Gasteiger charge is 2.07. The standard InChI is InChI=1S/C13H19BrFN/c1-2-3-4-5-12(16)9-10-8-11(15)6-7-13(10)14/h6-8,12H,2-5,9,16H2,1H3. The smallest absolute Gasteiger partial charge is 0.123 e. The Labute approximate surface area is 105 Å². The number of hydrogen-bond acceptors (Lipinski definition) is 1. The first-order valence-electron chi connectivity index (χ1n) is 5.83. The topological polar surface area (TPSA) is 26.0 Å². The lowest BCUT2D eigenvalue weighted by Crippen LogP contribution is -2.22. The molecule has 0 aliphatic heterocycles. The number of benzene rings is 1. The van der Waals surface area contributed by atoms with E-state index in [0.29, 0.717) is 0 Å². The van der Waals surface area contributed by atoms with Crippen molar-refractivity contribution in [3.63, 3.8) is 0 Å². The number of hydrogen-bond donors (Lipinski definition) is 1. The highest BCUT2D eigenvalue weighted by atomic mass is 79.9. The van der Waals surface area contributed by atoms with E-state index in [1.807, 2.05) is 0 Å². The SMILES string of the molecule is CCCCCC(N)Cc1cc(F)ccc1Br. The van der Waals surface area contributed by atoms with E-state index in [1.165, 1.54) is 18.9 Å². The molecule has 1 rings (SSSR count). The number of halogens is 2. The van der Waals surface area contributed by atoms with Crippen LogP contribution in [-0.2, 0) is 6.42 Å². The summed E-state index contributed by atoms with van der Waals surface area (Å²) in [4.78, 5) is 0. The van der Waals surface area contributed by atoms with Gasteiger partial charge in [-0.1, -0.05) is 42.1 Å². The quantitative estimate of drug-likeness (QED) is 0.785. The lowest BCUT2D eigenvalue weighted by molar-refractivity contribution is 0.554. The molecule has 0 aliphatic rings. The third-order valence-electron chi connectivity index (χ3n) is 2.67. The van der Waals surface area contributed by atoms with Crippen LogP contribution < -0.4 is 5.73 Å². The molecule has 16 heavy (non-hydrogen) atoms. The van der Waals surface area contributed by atoms with Crippen molar-refractivity contribution in [2.75, 3.05) is 0 Å². The van der Waals surface area contributed by atoms with Crippen LogP contribution in [0.1, 0.15) is 38.2 Å². The summed E-state index contributed by atoms with van der Waals surface area (Å²) < 4.78 is 14.0. The average molecular weight is 288 g/mol. The Morgan fingerprint density at radius 1 is 1.38 bits per heavy atom. The van der Waals surface area contributed by atoms with Crippen LogP contribution in [0.15, 0.2) is 22.7 Å². The molecular weight excluding hydrogens is 269 g/mol. The van der Waals surface area contributed by atoms with Crippen molar-refractivity contribution in [1.29, 1.82) is 0 Å². The van der Waals surface area contributed by atoms with Gasteiger partial charge in [-0.3, -0.25) is 0 Å². The third kappa shape index (κ3) is 4.62. The van der Waals surface area contributed by atoms with Gasteiger partial charge in [-0.2, -0.15) is 0 Å². The van der Waals surface area contributed by atoms with Gasteiger partial charge < -0.3 is 5.73 Å². The van der Waals surface area contributed by atoms with Crippen LogP contribution in [0.25, 0.3) is 0 Å². The lowest BCUT2D eigenvalue weighted by Gasteiger charge is -2.12. The minimum absolute atomic E-state index is 0.129. The number of nitrogens with two attached hydrogens (primary N) is 1. The molecule has 0 fully saturated rings. The molecule has 0 spiro atoms. The van der Waals surface area contributed by atoms with E-state index >= 15 is 0 Å². The largest absolute Gasteiger partial charge is 0.327 e. The van der Waals surface area contributed by atoms with Crippen molar-refractivity contribution in [3.05, 3.63) is 34.1 Å². The molecule has 0 aliphatic carbocycles. The van der Waals surface area contributed by atoms with E-state index in [1.54, 1.807) is 12.1 Å². The third-order valence-corrected chi connectivity index (χ3v) is 3.44. The second-order valence-corrected chi connectivity index (χ2v) is 5.05. The van der Waals surface area contributed by atoms with Crippen molar-refractivity contribution in [1.82, 2.24) is 0 Å². The molecule has 2 N–H and O–H groups in total. The normalized spacial score (nSPS) is 12.8. The maximum absolute atomic E-state index is 13.0. The van der Waals surface area contributed by atoms with Crippen molar-refractivity contribution < 1.29 is 4.39 Å². The Hall–Kier alpha value is -0.410. The van der Waals surface area contributed by atoms with Gasteiger partial charge in [0.2, 0.25) is 0 Å². The summed E-state index contributed by atoms with van der Waals surface area (Å²) >= 11 is 3.42. The molecule has 1 aromatic carbocycles. The van der Waals surface area contributed by atoms with Gasteiger partial charge in [0.15, 0.2) is 0 Å². The zero-order chi connectivity index (χ0) is 12.0. The summed E-state index contributed by atoms with van der Waals surface area (Å²) in [7, 11) is 0. The Bertz CT molecular complexity index is 328. The van der Waals surface area contributed by atoms with Gasteiger partial charge in [-0.15, -0.1) is 0 Å². The summed E-state index contributed by atoms with van der Waals surface area (Å²) in [6, 6.07) is 4.88. The highest BCUT2D eigenvalue weighted by Crippen LogP contribution is 2.20. The number of unbranched alkanes of at least 4 members (excludes halogenated alkanes) is 2. The molecule has 0 aromatic heterocycles. The van der Waals surface area contributed by atoms with Gasteiger partial charge in [0.25, 0.3) is 0 Å². The first-order valence-corrected chi connectivity index (χ1v) is 6.62. The first-order chi connectivity index (χ1) is 7.63. The van der Waals surface area contributed by atoms with E-state index in [4.69, 9.17) is 5.73 Å². The van der Waals surface area contributed by atoms with Crippen molar-refractivity contribution in [3.8, 4) is 0 Å². The average Bonchev–Trinajstić information content (AvgIpc) is 2.24. The zero-order valence-corrected chi connectivity index (χ0v) is 11.3. The Balaban J connectivity index is 2.48. The molecule has 1 nitrogen and oxygen atoms in total. The fraction of sp³-hybridized carbons (Fsp3) is 0.538. The Morgan fingerprint density at radius 3 is 2.81 bits per heavy atom. The monoisotopic (exact) mass is 287 g/mol. The van der Waals surface area contributed by atoms with Crippen LogP contribution in [0.2, 0.25) is 0 Å². The van der Waals surface area contributed by atoms with Crippen LogP contribution in [0.5, 0.6) is 0 Å². The molecule has 1 unspecified atom stereocenters. The predicted octanol–water partition coefficient (Wildman–Crippen LogP) is 4.04. The molecule has 0 radical (unpaired) electrons. The maximum atomic E-state index is 13.0. The van der Waals surface area contributed by atoms with E-state index in [-0.39, 0.29) is 11.9 Å². The second kappa shape index (κ2) is 7.02. The lowest BCUT2D eigenvalue weighted by atomic mass is 10.0. The van der Waals surface area contributed by atoms with E-state index in [0.717, 1.165) is 29.3 Å². The van der Waals surface area contributed by atoms with Crippen LogP contribution in [0.3, 0.4) is 0 Å². The molecule has 90 valence electrons. The van der Waals surface area contributed by atoms with Crippen LogP contribution >= 0.6 is 15.9 Å². The van der Waals surface area contributed by atoms with Crippen molar-refractivity contribution >= 4 is 15.9 Å². The molecule has 3 heteroatoms. The van der Waals surface area contributed by atoms with Crippen molar-refractivity contribution in [2.24, 2.45) is 5.73 Å². The Kier molecular flexibility index (Phi) is 5.99. The summed E-state index contributed by atoms with van der Waals surface area (Å²) in [5, 5.41) is 0. The van der Waals surface area contributed by atoms with Gasteiger partial charge in [-0.25, -0.2) is 4.39 Å². The molecule has 0 saturated heterocycles. The van der Waals surface area contributed by atoms with Gasteiger partial charge in [-0.05, 0) is 36.6 Å². The molecular formula is C13H19BrFN. The molecule has 0 saturated carbocycles. The maximum Gasteiger partial charge on any atom is 0.123 e. The van der Waals surface area contributed by atoms with Crippen LogP contribution in [0, 0.1) is 5.82 Å². The van der Waals surface area contributed by atoms with Gasteiger partial charge >= 0.3 is 0 Å². The molecule has 0 bridgehead atoms. The molecule has 0 amide bonds. The van der Waals surface area contributed by atoms with Gasteiger partial charge in [0.05, 0.1) is 0 Å². The van der Waals surface area contributed by atoms with Crippen LogP contribution in [-0.4, -0.2) is 6.04 Å². The summed E-state index contributed by atoms with van der Waals surface area (Å²) in [5.74, 6) is -0.195. The van der Waals surface area contributed by atoms with E-state index in [9.17, 15) is 4.39 Å². The minimum Gasteiger partial charge on any atom is -0.327 e. The van der Waals surface area contributed by atoms with E-state index < -0.39 is 0 Å². The fourth-order valence-electron chi connectivity index (χ4n) is 1.74. The van der Waals surface area contributed by atoms with Gasteiger partial charge in [0, 0.05) is 10.5 Å². The predicted molar refractivity (Wildman–Crippen MR) is 69.9 cm³/mol. The summed E-state index contributed by atoms with van der Waals surface area (Å²) in [5.41, 5.74) is 6.98. The molecule has 1 atom stereocenters. The molecule has 1 aromatic rings.